The Morgan fingerprint density at radius 1 is 1.20 bits per heavy atom. The van der Waals surface area contributed by atoms with Crippen molar-refractivity contribution in [3.8, 4) is 5.75 Å². The topological polar surface area (TPSA) is 63.0 Å². The molecule has 1 aromatic carbocycles. The maximum atomic E-state index is 8.85. The second kappa shape index (κ2) is 11.9. The minimum atomic E-state index is 0.340. The number of aromatic hydroxyl groups is 1. The fourth-order valence-electron chi connectivity index (χ4n) is 2.75. The lowest BCUT2D eigenvalue weighted by molar-refractivity contribution is 0.475. The second-order valence-corrected chi connectivity index (χ2v) is 7.95. The monoisotopic (exact) mass is 422 g/mol. The zero-order chi connectivity index (χ0) is 21.9. The van der Waals surface area contributed by atoms with Gasteiger partial charge in [0.2, 0.25) is 0 Å². The van der Waals surface area contributed by atoms with Crippen molar-refractivity contribution in [2.45, 2.75) is 33.7 Å². The van der Waals surface area contributed by atoms with Gasteiger partial charge in [-0.3, -0.25) is 4.98 Å². The Morgan fingerprint density at radius 3 is 2.47 bits per heavy atom. The number of hydrogen-bond donors (Lipinski definition) is 2. The van der Waals surface area contributed by atoms with Crippen molar-refractivity contribution in [2.24, 2.45) is 0 Å². The first-order valence-corrected chi connectivity index (χ1v) is 11.4. The van der Waals surface area contributed by atoms with Crippen molar-refractivity contribution in [1.29, 1.82) is 0 Å². The van der Waals surface area contributed by atoms with Crippen molar-refractivity contribution >= 4 is 19.7 Å². The Balaban J connectivity index is 0.000000297. The molecule has 3 rings (SSSR count). The lowest BCUT2D eigenvalue weighted by atomic mass is 10.2. The van der Waals surface area contributed by atoms with E-state index in [-0.39, 0.29) is 0 Å². The van der Waals surface area contributed by atoms with Crippen LogP contribution in [-0.4, -0.2) is 26.5 Å². The molecule has 30 heavy (non-hydrogen) atoms. The number of phenolic OH excluding ortho intramolecular Hbond substituents is 1. The van der Waals surface area contributed by atoms with Crippen LogP contribution in [0, 0.1) is 6.92 Å². The minimum absolute atomic E-state index is 0.340. The van der Waals surface area contributed by atoms with E-state index in [9.17, 15) is 0 Å². The van der Waals surface area contributed by atoms with Gasteiger partial charge in [0.15, 0.2) is 0 Å². The fraction of sp³-hybridized carbons (Fsp3) is 0.250. The number of allylic oxidation sites excluding steroid dienone is 2. The Kier molecular flexibility index (Phi) is 9.30. The number of nitrogens with zero attached hydrogens (tertiary/aromatic N) is 3. The highest BCUT2D eigenvalue weighted by molar-refractivity contribution is 7.46. The van der Waals surface area contributed by atoms with Crippen molar-refractivity contribution in [1.82, 2.24) is 20.1 Å². The molecule has 5 nitrogen and oxygen atoms in total. The third-order valence-electron chi connectivity index (χ3n) is 4.43. The van der Waals surface area contributed by atoms with Gasteiger partial charge in [-0.15, -0.1) is 0 Å². The highest BCUT2D eigenvalue weighted by Gasteiger charge is 2.09. The van der Waals surface area contributed by atoms with Crippen LogP contribution in [0.4, 0.5) is 0 Å². The van der Waals surface area contributed by atoms with Gasteiger partial charge < -0.3 is 10.4 Å². The number of benzene rings is 1. The van der Waals surface area contributed by atoms with Gasteiger partial charge in [-0.2, -0.15) is 5.10 Å². The van der Waals surface area contributed by atoms with Crippen LogP contribution in [0.3, 0.4) is 0 Å². The molecule has 2 heterocycles. The van der Waals surface area contributed by atoms with Crippen molar-refractivity contribution < 1.29 is 5.11 Å². The first kappa shape index (κ1) is 23.4. The molecule has 3 aromatic rings. The number of rotatable bonds is 7. The molecule has 0 fully saturated rings. The van der Waals surface area contributed by atoms with Crippen LogP contribution in [0.2, 0.25) is 0 Å². The van der Waals surface area contributed by atoms with Crippen LogP contribution in [0.25, 0.3) is 5.82 Å². The maximum Gasteiger partial charge on any atom is 0.128 e. The van der Waals surface area contributed by atoms with Crippen LogP contribution >= 0.6 is 8.58 Å². The van der Waals surface area contributed by atoms with E-state index in [1.54, 1.807) is 18.3 Å². The minimum Gasteiger partial charge on any atom is -0.508 e. The highest BCUT2D eigenvalue weighted by Crippen LogP contribution is 2.13. The van der Waals surface area contributed by atoms with E-state index in [2.05, 4.69) is 42.5 Å². The van der Waals surface area contributed by atoms with Gasteiger partial charge in [-0.1, -0.05) is 45.9 Å². The Hall–Kier alpha value is -2.91. The smallest absolute Gasteiger partial charge is 0.128 e. The number of pyridine rings is 1. The van der Waals surface area contributed by atoms with E-state index < -0.39 is 0 Å². The van der Waals surface area contributed by atoms with Crippen molar-refractivity contribution in [3.63, 3.8) is 0 Å². The quantitative estimate of drug-likeness (QED) is 0.430. The lowest BCUT2D eigenvalue weighted by Crippen LogP contribution is -2.19. The Morgan fingerprint density at radius 2 is 1.93 bits per heavy atom. The summed E-state index contributed by atoms with van der Waals surface area (Å²) in [4.78, 5) is 4.13. The largest absolute Gasteiger partial charge is 0.508 e. The molecular weight excluding hydrogens is 391 g/mol. The van der Waals surface area contributed by atoms with E-state index in [0.29, 0.717) is 12.3 Å². The molecule has 0 aliphatic heterocycles. The molecule has 0 aliphatic rings. The van der Waals surface area contributed by atoms with E-state index in [1.807, 2.05) is 54.3 Å². The molecular formula is C24H31N4OP. The predicted molar refractivity (Wildman–Crippen MR) is 128 cm³/mol. The molecule has 0 saturated heterocycles. The van der Waals surface area contributed by atoms with E-state index in [1.165, 1.54) is 16.6 Å². The lowest BCUT2D eigenvalue weighted by Gasteiger charge is -2.13. The number of aryl methyl sites for hydroxylation is 1. The SMILES string of the molecule is C=C(C)/C=C(/NCc1cccnc1)n1ncc(PC)c1C.CCc1ccc(O)cc1. The Bertz CT molecular complexity index is 963. The van der Waals surface area contributed by atoms with Crippen LogP contribution in [0.15, 0.2) is 73.2 Å². The third kappa shape index (κ3) is 7.16. The van der Waals surface area contributed by atoms with Crippen LogP contribution in [-0.2, 0) is 13.0 Å². The van der Waals surface area contributed by atoms with Crippen LogP contribution in [0.1, 0.15) is 30.7 Å². The summed E-state index contributed by atoms with van der Waals surface area (Å²) in [5.41, 5.74) is 4.54. The molecule has 0 bridgehead atoms. The highest BCUT2D eigenvalue weighted by atomic mass is 31.1. The third-order valence-corrected chi connectivity index (χ3v) is 5.46. The fourth-order valence-corrected chi connectivity index (χ4v) is 3.40. The van der Waals surface area contributed by atoms with Gasteiger partial charge >= 0.3 is 0 Å². The predicted octanol–water partition coefficient (Wildman–Crippen LogP) is 4.64. The second-order valence-electron chi connectivity index (χ2n) is 6.92. The molecule has 6 heteroatoms. The van der Waals surface area contributed by atoms with E-state index >= 15 is 0 Å². The summed E-state index contributed by atoms with van der Waals surface area (Å²) >= 11 is 0. The van der Waals surface area contributed by atoms with Gasteiger partial charge in [0.1, 0.15) is 11.6 Å². The average molecular weight is 423 g/mol. The molecule has 0 spiro atoms. The molecule has 1 atom stereocenters. The van der Waals surface area contributed by atoms with E-state index in [0.717, 1.165) is 32.0 Å². The number of aromatic nitrogens is 3. The number of nitrogens with one attached hydrogen (secondary N) is 1. The zero-order valence-corrected chi connectivity index (χ0v) is 19.2. The first-order valence-electron chi connectivity index (χ1n) is 9.95. The molecule has 158 valence electrons. The molecule has 0 aliphatic carbocycles. The van der Waals surface area contributed by atoms with E-state index in [4.69, 9.17) is 5.11 Å². The summed E-state index contributed by atoms with van der Waals surface area (Å²) in [6, 6.07) is 11.3. The van der Waals surface area contributed by atoms with Gasteiger partial charge in [-0.25, -0.2) is 4.68 Å². The molecule has 2 N–H and O–H groups in total. The summed E-state index contributed by atoms with van der Waals surface area (Å²) in [6.07, 6.45) is 8.62. The molecule has 0 radical (unpaired) electrons. The summed E-state index contributed by atoms with van der Waals surface area (Å²) < 4.78 is 1.94. The summed E-state index contributed by atoms with van der Waals surface area (Å²) in [5, 5.41) is 18.0. The normalized spacial score (nSPS) is 11.3. The summed E-state index contributed by atoms with van der Waals surface area (Å²) in [6.45, 7) is 13.0. The molecule has 0 amide bonds. The molecule has 1 unspecified atom stereocenters. The summed E-state index contributed by atoms with van der Waals surface area (Å²) in [7, 11) is 0.743. The summed E-state index contributed by atoms with van der Waals surface area (Å²) in [5.74, 6) is 1.28. The van der Waals surface area contributed by atoms with Gasteiger partial charge in [0.25, 0.3) is 0 Å². The molecule has 0 saturated carbocycles. The number of hydrogen-bond acceptors (Lipinski definition) is 4. The number of phenols is 1. The van der Waals surface area contributed by atoms with Gasteiger partial charge in [-0.05, 0) is 62.3 Å². The van der Waals surface area contributed by atoms with Crippen LogP contribution < -0.4 is 10.6 Å². The van der Waals surface area contributed by atoms with Crippen LogP contribution in [0.5, 0.6) is 5.75 Å². The standard InChI is InChI=1S/C16H21N4P.C8H10O/c1-12(2)8-16(18-10-14-6-5-7-17-9-14)20-13(3)15(21-4)11-19-20;1-2-7-3-5-8(9)6-4-7/h5-9,11,18,21H,1,10H2,2-4H3;3-6,9H,2H2,1H3/b16-8-;. The van der Waals surface area contributed by atoms with Crippen molar-refractivity contribution in [2.75, 3.05) is 6.66 Å². The maximum absolute atomic E-state index is 8.85. The Labute approximate surface area is 181 Å². The zero-order valence-electron chi connectivity index (χ0n) is 18.2. The van der Waals surface area contributed by atoms with Gasteiger partial charge in [0, 0.05) is 24.2 Å². The molecule has 2 aromatic heterocycles. The van der Waals surface area contributed by atoms with Crippen molar-refractivity contribution in [3.05, 3.63) is 90.0 Å². The van der Waals surface area contributed by atoms with Gasteiger partial charge in [0.05, 0.1) is 11.9 Å². The first-order chi connectivity index (χ1) is 14.4. The average Bonchev–Trinajstić information content (AvgIpc) is 3.13.